The Kier molecular flexibility index (Phi) is 6.38. The van der Waals surface area contributed by atoms with E-state index in [9.17, 15) is 22.8 Å². The maximum absolute atomic E-state index is 13.0. The lowest BCUT2D eigenvalue weighted by atomic mass is 10.2. The van der Waals surface area contributed by atoms with Gasteiger partial charge < -0.3 is 10.1 Å². The molecule has 1 aliphatic rings. The van der Waals surface area contributed by atoms with Gasteiger partial charge >= 0.3 is 18.2 Å². The third-order valence-electron chi connectivity index (χ3n) is 4.61. The van der Waals surface area contributed by atoms with Crippen molar-refractivity contribution in [3.8, 4) is 5.75 Å². The lowest BCUT2D eigenvalue weighted by Gasteiger charge is -2.41. The Morgan fingerprint density at radius 1 is 1.19 bits per heavy atom. The number of alkyl halides is 3. The van der Waals surface area contributed by atoms with Gasteiger partial charge in [-0.3, -0.25) is 10.2 Å². The largest absolute Gasteiger partial charge is 0.497 e. The molecule has 3 rings (SSSR count). The van der Waals surface area contributed by atoms with Crippen molar-refractivity contribution < 1.29 is 27.5 Å². The molecule has 0 radical (unpaired) electrons. The minimum absolute atomic E-state index is 0.0138. The van der Waals surface area contributed by atoms with Crippen molar-refractivity contribution in [3.05, 3.63) is 72.3 Å². The molecule has 0 saturated carbocycles. The van der Waals surface area contributed by atoms with Gasteiger partial charge in [0, 0.05) is 12.2 Å². The van der Waals surface area contributed by atoms with Gasteiger partial charge in [-0.15, -0.1) is 6.58 Å². The Bertz CT molecular complexity index is 963. The van der Waals surface area contributed by atoms with E-state index >= 15 is 0 Å². The molecule has 1 unspecified atom stereocenters. The van der Waals surface area contributed by atoms with Crippen LogP contribution in [0.2, 0.25) is 0 Å². The fraction of sp³-hybridized carbons (Fsp3) is 0.238. The number of carbonyl (C=O) groups is 2. The fourth-order valence-electron chi connectivity index (χ4n) is 3.06. The molecule has 1 atom stereocenters. The lowest BCUT2D eigenvalue weighted by Crippen LogP contribution is -2.66. The Balaban J connectivity index is 1.88. The third-order valence-corrected chi connectivity index (χ3v) is 4.61. The highest BCUT2D eigenvalue weighted by atomic mass is 19.4. The molecule has 31 heavy (non-hydrogen) atoms. The van der Waals surface area contributed by atoms with Crippen molar-refractivity contribution in [2.75, 3.05) is 19.0 Å². The summed E-state index contributed by atoms with van der Waals surface area (Å²) in [5.74, 6) is 0.633. The molecule has 1 fully saturated rings. The van der Waals surface area contributed by atoms with E-state index in [1.807, 2.05) is 0 Å². The number of nitrogens with zero attached hydrogens (tertiary/aromatic N) is 2. The van der Waals surface area contributed by atoms with Gasteiger partial charge in [0.15, 0.2) is 6.29 Å². The van der Waals surface area contributed by atoms with Crippen LogP contribution in [-0.4, -0.2) is 41.8 Å². The van der Waals surface area contributed by atoms with E-state index in [0.717, 1.165) is 22.6 Å². The van der Waals surface area contributed by atoms with E-state index in [4.69, 9.17) is 4.74 Å². The third kappa shape index (κ3) is 5.08. The average molecular weight is 434 g/mol. The summed E-state index contributed by atoms with van der Waals surface area (Å²) < 4.78 is 44.3. The predicted molar refractivity (Wildman–Crippen MR) is 108 cm³/mol. The summed E-state index contributed by atoms with van der Waals surface area (Å²) in [6.07, 6.45) is -4.18. The van der Waals surface area contributed by atoms with Gasteiger partial charge in [0.2, 0.25) is 0 Å². The molecule has 2 N–H and O–H groups in total. The highest BCUT2D eigenvalue weighted by Crippen LogP contribution is 2.31. The van der Waals surface area contributed by atoms with Crippen molar-refractivity contribution in [2.24, 2.45) is 0 Å². The smallest absolute Gasteiger partial charge is 0.416 e. The normalized spacial score (nSPS) is 16.7. The van der Waals surface area contributed by atoms with E-state index in [-0.39, 0.29) is 18.8 Å². The zero-order valence-electron chi connectivity index (χ0n) is 16.6. The van der Waals surface area contributed by atoms with Crippen molar-refractivity contribution in [1.29, 1.82) is 0 Å². The summed E-state index contributed by atoms with van der Waals surface area (Å²) in [6, 6.07) is 10.2. The number of imide groups is 1. The molecule has 1 aliphatic heterocycles. The molecule has 0 aromatic heterocycles. The van der Waals surface area contributed by atoms with Gasteiger partial charge in [0.05, 0.1) is 19.2 Å². The Hall–Kier alpha value is -3.69. The monoisotopic (exact) mass is 434 g/mol. The number of methoxy groups -OCH3 is 1. The van der Waals surface area contributed by atoms with Crippen LogP contribution in [-0.2, 0) is 12.7 Å². The number of ether oxygens (including phenoxy) is 1. The first-order valence-electron chi connectivity index (χ1n) is 9.29. The average Bonchev–Trinajstić information content (AvgIpc) is 2.74. The van der Waals surface area contributed by atoms with Crippen LogP contribution in [0.4, 0.5) is 28.4 Å². The van der Waals surface area contributed by atoms with E-state index in [1.54, 1.807) is 24.3 Å². The molecule has 4 amide bonds. The summed E-state index contributed by atoms with van der Waals surface area (Å²) in [5.41, 5.74) is -0.00882. The second kappa shape index (κ2) is 8.99. The minimum atomic E-state index is -4.52. The maximum atomic E-state index is 13.0. The molecule has 1 heterocycles. The summed E-state index contributed by atoms with van der Waals surface area (Å²) in [4.78, 5) is 27.6. The number of urea groups is 2. The summed E-state index contributed by atoms with van der Waals surface area (Å²) in [6.45, 7) is 3.62. The number of carbonyl (C=O) groups excluding carboxylic acids is 2. The Labute approximate surface area is 177 Å². The van der Waals surface area contributed by atoms with Crippen LogP contribution in [0.5, 0.6) is 5.75 Å². The molecular formula is C21H21F3N4O3. The predicted octanol–water partition coefficient (Wildman–Crippen LogP) is 4.24. The number of anilines is 1. The Morgan fingerprint density at radius 2 is 1.90 bits per heavy atom. The van der Waals surface area contributed by atoms with Gasteiger partial charge in [-0.2, -0.15) is 13.2 Å². The van der Waals surface area contributed by atoms with Crippen molar-refractivity contribution in [2.45, 2.75) is 19.0 Å². The van der Waals surface area contributed by atoms with Gasteiger partial charge in [-0.05, 0) is 35.9 Å². The molecule has 2 aromatic rings. The number of nitrogens with one attached hydrogen (secondary N) is 2. The number of benzene rings is 2. The molecule has 0 spiro atoms. The van der Waals surface area contributed by atoms with Crippen molar-refractivity contribution >= 4 is 17.7 Å². The van der Waals surface area contributed by atoms with E-state index < -0.39 is 30.1 Å². The summed E-state index contributed by atoms with van der Waals surface area (Å²) in [7, 11) is 1.53. The van der Waals surface area contributed by atoms with E-state index in [1.165, 1.54) is 30.2 Å². The molecule has 1 saturated heterocycles. The Morgan fingerprint density at radius 3 is 2.52 bits per heavy atom. The minimum Gasteiger partial charge on any atom is -0.497 e. The highest BCUT2D eigenvalue weighted by molar-refractivity contribution is 5.96. The molecule has 10 heteroatoms. The number of rotatable bonds is 7. The van der Waals surface area contributed by atoms with Crippen LogP contribution >= 0.6 is 0 Å². The number of amides is 4. The second-order valence-electron chi connectivity index (χ2n) is 6.73. The first-order valence-corrected chi connectivity index (χ1v) is 9.29. The first kappa shape index (κ1) is 22.0. The standard InChI is InChI=1S/C21H21F3N4O3/c1-3-11-27-19(29)26-18(25-16-6-4-5-15(12-16)21(22,23)24)28(20(27)30)13-14-7-9-17(31-2)10-8-14/h3-10,12,18,25H,1,11,13H2,2H3,(H,26,29). The summed E-state index contributed by atoms with van der Waals surface area (Å²) in [5, 5.41) is 5.41. The quantitative estimate of drug-likeness (QED) is 0.640. The zero-order valence-corrected chi connectivity index (χ0v) is 16.6. The molecule has 0 aliphatic carbocycles. The zero-order chi connectivity index (χ0) is 22.6. The maximum Gasteiger partial charge on any atom is 0.416 e. The number of hydrogen-bond acceptors (Lipinski definition) is 4. The molecule has 2 aromatic carbocycles. The van der Waals surface area contributed by atoms with Gasteiger partial charge in [-0.1, -0.05) is 24.3 Å². The van der Waals surface area contributed by atoms with Crippen LogP contribution in [0.15, 0.2) is 61.2 Å². The van der Waals surface area contributed by atoms with Crippen LogP contribution in [0, 0.1) is 0 Å². The van der Waals surface area contributed by atoms with Gasteiger partial charge in [0.25, 0.3) is 0 Å². The van der Waals surface area contributed by atoms with E-state index in [2.05, 4.69) is 17.2 Å². The first-order chi connectivity index (χ1) is 14.7. The lowest BCUT2D eigenvalue weighted by molar-refractivity contribution is -0.137. The molecule has 164 valence electrons. The molecule has 7 nitrogen and oxygen atoms in total. The van der Waals surface area contributed by atoms with Crippen molar-refractivity contribution in [3.63, 3.8) is 0 Å². The van der Waals surface area contributed by atoms with Crippen LogP contribution in [0.25, 0.3) is 0 Å². The van der Waals surface area contributed by atoms with Gasteiger partial charge in [-0.25, -0.2) is 14.5 Å². The molecular weight excluding hydrogens is 413 g/mol. The van der Waals surface area contributed by atoms with Gasteiger partial charge in [0.1, 0.15) is 5.75 Å². The van der Waals surface area contributed by atoms with Crippen LogP contribution < -0.4 is 15.4 Å². The topological polar surface area (TPSA) is 73.9 Å². The van der Waals surface area contributed by atoms with Crippen molar-refractivity contribution in [1.82, 2.24) is 15.1 Å². The highest BCUT2D eigenvalue weighted by Gasteiger charge is 2.38. The van der Waals surface area contributed by atoms with E-state index in [0.29, 0.717) is 5.75 Å². The number of hydrogen-bond donors (Lipinski definition) is 2. The summed E-state index contributed by atoms with van der Waals surface area (Å²) >= 11 is 0. The second-order valence-corrected chi connectivity index (χ2v) is 6.73. The van der Waals surface area contributed by atoms with Crippen LogP contribution in [0.1, 0.15) is 11.1 Å². The number of halogens is 3. The molecule has 0 bridgehead atoms. The van der Waals surface area contributed by atoms with Crippen LogP contribution in [0.3, 0.4) is 0 Å². The fourth-order valence-corrected chi connectivity index (χ4v) is 3.06. The SMILES string of the molecule is C=CCN1C(=O)NC(Nc2cccc(C(F)(F)F)c2)N(Cc2ccc(OC)cc2)C1=O.